The maximum absolute atomic E-state index is 5.72. The van der Waals surface area contributed by atoms with Crippen LogP contribution in [0.2, 0.25) is 0 Å². The Kier molecular flexibility index (Phi) is 3.77. The molecule has 0 fully saturated rings. The number of nitrogen functional groups attached to an aromatic ring is 1. The first-order valence-corrected chi connectivity index (χ1v) is 4.85. The van der Waals surface area contributed by atoms with Gasteiger partial charge < -0.3 is 11.5 Å². The monoisotopic (exact) mass is 178 g/mol. The van der Waals surface area contributed by atoms with Crippen molar-refractivity contribution in [2.75, 3.05) is 12.3 Å². The van der Waals surface area contributed by atoms with E-state index in [0.29, 0.717) is 6.54 Å². The lowest BCUT2D eigenvalue weighted by Crippen LogP contribution is -2.05. The first-order chi connectivity index (χ1) is 6.27. The number of benzene rings is 1. The van der Waals surface area contributed by atoms with Crippen LogP contribution in [-0.4, -0.2) is 6.54 Å². The molecule has 2 nitrogen and oxygen atoms in total. The van der Waals surface area contributed by atoms with Crippen molar-refractivity contribution in [3.05, 3.63) is 29.3 Å². The second kappa shape index (κ2) is 4.87. The van der Waals surface area contributed by atoms with E-state index in [-0.39, 0.29) is 0 Å². The Labute approximate surface area is 79.9 Å². The molecule has 4 N–H and O–H groups in total. The van der Waals surface area contributed by atoms with E-state index >= 15 is 0 Å². The molecule has 0 heterocycles. The zero-order chi connectivity index (χ0) is 9.68. The maximum Gasteiger partial charge on any atom is 0.0316 e. The topological polar surface area (TPSA) is 52.0 Å². The lowest BCUT2D eigenvalue weighted by Gasteiger charge is -2.08. The number of anilines is 1. The molecule has 0 unspecified atom stereocenters. The Morgan fingerprint density at radius 2 is 1.92 bits per heavy atom. The van der Waals surface area contributed by atoms with Crippen molar-refractivity contribution >= 4 is 5.69 Å². The molecule has 0 saturated carbocycles. The van der Waals surface area contributed by atoms with Gasteiger partial charge >= 0.3 is 0 Å². The molecular weight excluding hydrogens is 160 g/mol. The molecule has 0 aliphatic heterocycles. The quantitative estimate of drug-likeness (QED) is 0.690. The Bertz CT molecular complexity index is 269. The molecule has 0 atom stereocenters. The summed E-state index contributed by atoms with van der Waals surface area (Å²) in [5.41, 5.74) is 14.8. The smallest absolute Gasteiger partial charge is 0.0316 e. The predicted octanol–water partition coefficient (Wildman–Crippen LogP) is 1.72. The molecule has 0 aliphatic carbocycles. The molecule has 0 radical (unpaired) electrons. The lowest BCUT2D eigenvalue weighted by atomic mass is 10.00. The van der Waals surface area contributed by atoms with Gasteiger partial charge in [-0.25, -0.2) is 0 Å². The number of hydrogen-bond donors (Lipinski definition) is 2. The van der Waals surface area contributed by atoms with Crippen molar-refractivity contribution in [1.82, 2.24) is 0 Å². The van der Waals surface area contributed by atoms with Gasteiger partial charge in [-0.3, -0.25) is 0 Å². The molecule has 1 aromatic carbocycles. The Morgan fingerprint density at radius 1 is 1.15 bits per heavy atom. The second-order valence-electron chi connectivity index (χ2n) is 3.32. The minimum Gasteiger partial charge on any atom is -0.399 e. The molecule has 72 valence electrons. The van der Waals surface area contributed by atoms with Gasteiger partial charge in [-0.2, -0.15) is 0 Å². The molecular formula is C11H18N2. The van der Waals surface area contributed by atoms with E-state index in [2.05, 4.69) is 19.1 Å². The van der Waals surface area contributed by atoms with Crippen molar-refractivity contribution < 1.29 is 0 Å². The summed E-state index contributed by atoms with van der Waals surface area (Å²) in [6.45, 7) is 2.88. The number of aryl methyl sites for hydroxylation is 1. The van der Waals surface area contributed by atoms with E-state index in [9.17, 15) is 0 Å². The minimum absolute atomic E-state index is 0.709. The molecule has 0 amide bonds. The van der Waals surface area contributed by atoms with Crippen LogP contribution in [0.4, 0.5) is 5.69 Å². The molecule has 1 rings (SSSR count). The van der Waals surface area contributed by atoms with Crippen molar-refractivity contribution in [2.45, 2.75) is 26.2 Å². The fourth-order valence-electron chi connectivity index (χ4n) is 1.55. The van der Waals surface area contributed by atoms with Gasteiger partial charge in [0.1, 0.15) is 0 Å². The van der Waals surface area contributed by atoms with Crippen LogP contribution in [0.15, 0.2) is 18.2 Å². The van der Waals surface area contributed by atoms with E-state index in [1.165, 1.54) is 11.1 Å². The van der Waals surface area contributed by atoms with Crippen molar-refractivity contribution in [2.24, 2.45) is 5.73 Å². The molecule has 0 aromatic heterocycles. The Morgan fingerprint density at radius 3 is 2.54 bits per heavy atom. The van der Waals surface area contributed by atoms with Crippen molar-refractivity contribution in [3.63, 3.8) is 0 Å². The number of nitrogens with two attached hydrogens (primary N) is 2. The molecule has 0 bridgehead atoms. The van der Waals surface area contributed by atoms with Gasteiger partial charge in [-0.15, -0.1) is 0 Å². The largest absolute Gasteiger partial charge is 0.399 e. The zero-order valence-electron chi connectivity index (χ0n) is 8.22. The highest BCUT2D eigenvalue weighted by molar-refractivity contribution is 5.45. The lowest BCUT2D eigenvalue weighted by molar-refractivity contribution is 0.880. The van der Waals surface area contributed by atoms with E-state index in [1.807, 2.05) is 6.07 Å². The van der Waals surface area contributed by atoms with E-state index in [4.69, 9.17) is 11.5 Å². The molecule has 2 heteroatoms. The fraction of sp³-hybridized carbons (Fsp3) is 0.455. The molecule has 0 saturated heterocycles. The summed E-state index contributed by atoms with van der Waals surface area (Å²) in [6, 6.07) is 6.10. The third kappa shape index (κ3) is 2.74. The maximum atomic E-state index is 5.72. The standard InChI is InChI=1S/C11H18N2/c1-2-3-10-8-11(13)5-4-9(10)6-7-12/h4-5,8H,2-3,6-7,12-13H2,1H3. The third-order valence-corrected chi connectivity index (χ3v) is 2.16. The van der Waals surface area contributed by atoms with Gasteiger partial charge in [0.15, 0.2) is 0 Å². The minimum atomic E-state index is 0.709. The number of hydrogen-bond acceptors (Lipinski definition) is 2. The van der Waals surface area contributed by atoms with Gasteiger partial charge in [-0.05, 0) is 42.6 Å². The van der Waals surface area contributed by atoms with Gasteiger partial charge in [0.2, 0.25) is 0 Å². The summed E-state index contributed by atoms with van der Waals surface area (Å²) in [5, 5.41) is 0. The van der Waals surface area contributed by atoms with Crippen LogP contribution in [0.3, 0.4) is 0 Å². The first kappa shape index (κ1) is 10.1. The Balaban J connectivity index is 2.89. The third-order valence-electron chi connectivity index (χ3n) is 2.16. The van der Waals surface area contributed by atoms with Crippen LogP contribution in [0.25, 0.3) is 0 Å². The molecule has 13 heavy (non-hydrogen) atoms. The highest BCUT2D eigenvalue weighted by Gasteiger charge is 2.00. The summed E-state index contributed by atoms with van der Waals surface area (Å²) in [7, 11) is 0. The summed E-state index contributed by atoms with van der Waals surface area (Å²) in [5.74, 6) is 0. The van der Waals surface area contributed by atoms with Crippen LogP contribution < -0.4 is 11.5 Å². The average molecular weight is 178 g/mol. The second-order valence-corrected chi connectivity index (χ2v) is 3.32. The average Bonchev–Trinajstić information content (AvgIpc) is 2.10. The first-order valence-electron chi connectivity index (χ1n) is 4.85. The Hall–Kier alpha value is -1.02. The van der Waals surface area contributed by atoms with Crippen LogP contribution in [0.1, 0.15) is 24.5 Å². The van der Waals surface area contributed by atoms with Crippen LogP contribution in [0, 0.1) is 0 Å². The van der Waals surface area contributed by atoms with E-state index in [0.717, 1.165) is 24.9 Å². The van der Waals surface area contributed by atoms with Crippen molar-refractivity contribution in [3.8, 4) is 0 Å². The van der Waals surface area contributed by atoms with Gasteiger partial charge in [0, 0.05) is 5.69 Å². The van der Waals surface area contributed by atoms with Crippen LogP contribution in [0.5, 0.6) is 0 Å². The van der Waals surface area contributed by atoms with Gasteiger partial charge in [-0.1, -0.05) is 19.4 Å². The molecule has 0 spiro atoms. The normalized spacial score (nSPS) is 10.3. The summed E-state index contributed by atoms with van der Waals surface area (Å²) in [4.78, 5) is 0. The van der Waals surface area contributed by atoms with E-state index < -0.39 is 0 Å². The van der Waals surface area contributed by atoms with Crippen molar-refractivity contribution in [1.29, 1.82) is 0 Å². The van der Waals surface area contributed by atoms with Crippen LogP contribution in [-0.2, 0) is 12.8 Å². The SMILES string of the molecule is CCCc1cc(N)ccc1CCN. The van der Waals surface area contributed by atoms with Gasteiger partial charge in [0.25, 0.3) is 0 Å². The molecule has 0 aliphatic rings. The van der Waals surface area contributed by atoms with Crippen LogP contribution >= 0.6 is 0 Å². The summed E-state index contributed by atoms with van der Waals surface area (Å²) < 4.78 is 0. The summed E-state index contributed by atoms with van der Waals surface area (Å²) in [6.07, 6.45) is 3.21. The highest BCUT2D eigenvalue weighted by atomic mass is 14.5. The number of rotatable bonds is 4. The zero-order valence-corrected chi connectivity index (χ0v) is 8.22. The fourth-order valence-corrected chi connectivity index (χ4v) is 1.55. The summed E-state index contributed by atoms with van der Waals surface area (Å²) >= 11 is 0. The predicted molar refractivity (Wildman–Crippen MR) is 57.6 cm³/mol. The van der Waals surface area contributed by atoms with Gasteiger partial charge in [0.05, 0.1) is 0 Å². The molecule has 1 aromatic rings. The van der Waals surface area contributed by atoms with E-state index in [1.54, 1.807) is 0 Å². The highest BCUT2D eigenvalue weighted by Crippen LogP contribution is 2.15.